The highest BCUT2D eigenvalue weighted by molar-refractivity contribution is 6.40. The molecule has 9 heavy (non-hydrogen) atoms. The Morgan fingerprint density at radius 3 is 1.89 bits per heavy atom. The number of hydrogen-bond donors (Lipinski definition) is 0. The summed E-state index contributed by atoms with van der Waals surface area (Å²) < 4.78 is 0. The summed E-state index contributed by atoms with van der Waals surface area (Å²) in [5.41, 5.74) is 0. The van der Waals surface area contributed by atoms with E-state index in [0.717, 1.165) is 11.6 Å². The molecule has 1 radical (unpaired) electrons. The molecule has 2 fully saturated rings. The van der Waals surface area contributed by atoms with Crippen LogP contribution >= 0.6 is 0 Å². The van der Waals surface area contributed by atoms with Crippen molar-refractivity contribution in [3.63, 3.8) is 0 Å². The molecule has 2 saturated heterocycles. The summed E-state index contributed by atoms with van der Waals surface area (Å²) in [7, 11) is 2.62. The van der Waals surface area contributed by atoms with Crippen LogP contribution in [0.2, 0.25) is 11.6 Å². The Labute approximate surface area is 58.3 Å². The molecule has 0 nitrogen and oxygen atoms in total. The molecular formula is C8H14B. The van der Waals surface area contributed by atoms with Gasteiger partial charge in [-0.1, -0.05) is 50.2 Å². The first kappa shape index (κ1) is 5.82. The van der Waals surface area contributed by atoms with E-state index in [1.807, 2.05) is 0 Å². The van der Waals surface area contributed by atoms with Crippen LogP contribution in [-0.4, -0.2) is 7.28 Å². The third-order valence-electron chi connectivity index (χ3n) is 2.85. The second-order valence-corrected chi connectivity index (χ2v) is 3.57. The average molecular weight is 121 g/mol. The van der Waals surface area contributed by atoms with E-state index in [4.69, 9.17) is 0 Å². The molecule has 0 aromatic heterocycles. The van der Waals surface area contributed by atoms with Gasteiger partial charge in [0.05, 0.1) is 0 Å². The van der Waals surface area contributed by atoms with Crippen LogP contribution in [0, 0.1) is 0 Å². The van der Waals surface area contributed by atoms with Crippen molar-refractivity contribution in [1.82, 2.24) is 0 Å². The zero-order valence-electron chi connectivity index (χ0n) is 5.97. The quantitative estimate of drug-likeness (QED) is 0.432. The second-order valence-electron chi connectivity index (χ2n) is 3.57. The predicted octanol–water partition coefficient (Wildman–Crippen LogP) is 2.64. The zero-order valence-corrected chi connectivity index (χ0v) is 5.97. The summed E-state index contributed by atoms with van der Waals surface area (Å²) in [4.78, 5) is 0. The monoisotopic (exact) mass is 121 g/mol. The van der Waals surface area contributed by atoms with Gasteiger partial charge in [-0.15, -0.1) is 0 Å². The lowest BCUT2D eigenvalue weighted by Gasteiger charge is -2.06. The minimum absolute atomic E-state index is 1.03. The fourth-order valence-corrected chi connectivity index (χ4v) is 2.30. The molecule has 2 atom stereocenters. The van der Waals surface area contributed by atoms with Gasteiger partial charge in [0, 0.05) is 0 Å². The van der Waals surface area contributed by atoms with Gasteiger partial charge in [0.2, 0.25) is 0 Å². The highest BCUT2D eigenvalue weighted by Crippen LogP contribution is 2.41. The van der Waals surface area contributed by atoms with Gasteiger partial charge in [-0.25, -0.2) is 0 Å². The van der Waals surface area contributed by atoms with Gasteiger partial charge in [0.1, 0.15) is 7.28 Å². The lowest BCUT2D eigenvalue weighted by molar-refractivity contribution is 0.548. The van der Waals surface area contributed by atoms with Crippen LogP contribution in [0.15, 0.2) is 0 Å². The first-order valence-corrected chi connectivity index (χ1v) is 4.30. The molecule has 2 aliphatic rings. The smallest absolute Gasteiger partial charge is 0.0686 e. The third-order valence-corrected chi connectivity index (χ3v) is 2.85. The molecule has 0 aromatic carbocycles. The highest BCUT2D eigenvalue weighted by Gasteiger charge is 2.27. The van der Waals surface area contributed by atoms with E-state index >= 15 is 0 Å². The van der Waals surface area contributed by atoms with Crippen molar-refractivity contribution in [1.29, 1.82) is 0 Å². The Morgan fingerprint density at radius 2 is 1.33 bits per heavy atom. The summed E-state index contributed by atoms with van der Waals surface area (Å²) in [6.45, 7) is 0. The van der Waals surface area contributed by atoms with E-state index < -0.39 is 0 Å². The maximum absolute atomic E-state index is 2.62. The Balaban J connectivity index is 1.99. The summed E-state index contributed by atoms with van der Waals surface area (Å²) in [6.07, 6.45) is 9.00. The highest BCUT2D eigenvalue weighted by atomic mass is 14.2. The van der Waals surface area contributed by atoms with Gasteiger partial charge in [0.15, 0.2) is 0 Å². The second kappa shape index (κ2) is 2.36. The SMILES string of the molecule is [B]1C2CCCCC1CC2. The molecule has 1 heteroatoms. The van der Waals surface area contributed by atoms with Crippen LogP contribution in [-0.2, 0) is 0 Å². The summed E-state index contributed by atoms with van der Waals surface area (Å²) in [5, 5.41) is 0. The van der Waals surface area contributed by atoms with Crippen molar-refractivity contribution in [2.45, 2.75) is 50.2 Å². The van der Waals surface area contributed by atoms with Gasteiger partial charge in [-0.2, -0.15) is 0 Å². The van der Waals surface area contributed by atoms with E-state index in [1.54, 1.807) is 0 Å². The van der Waals surface area contributed by atoms with Crippen molar-refractivity contribution in [3.05, 3.63) is 0 Å². The Kier molecular flexibility index (Phi) is 1.53. The fourth-order valence-electron chi connectivity index (χ4n) is 2.30. The summed E-state index contributed by atoms with van der Waals surface area (Å²) >= 11 is 0. The number of fused-ring (bicyclic) bond motifs is 2. The van der Waals surface area contributed by atoms with E-state index in [9.17, 15) is 0 Å². The zero-order chi connectivity index (χ0) is 6.10. The molecule has 2 rings (SSSR count). The molecule has 0 aliphatic carbocycles. The fraction of sp³-hybridized carbons (Fsp3) is 1.00. The molecule has 0 N–H and O–H groups in total. The topological polar surface area (TPSA) is 0 Å². The first-order valence-electron chi connectivity index (χ1n) is 4.30. The normalized spacial score (nSPS) is 41.8. The molecule has 49 valence electrons. The van der Waals surface area contributed by atoms with E-state index in [1.165, 1.54) is 38.5 Å². The third kappa shape index (κ3) is 1.15. The van der Waals surface area contributed by atoms with Crippen LogP contribution in [0.5, 0.6) is 0 Å². The Morgan fingerprint density at radius 1 is 0.778 bits per heavy atom. The van der Waals surface area contributed by atoms with E-state index in [-0.39, 0.29) is 0 Å². The van der Waals surface area contributed by atoms with Crippen molar-refractivity contribution in [2.24, 2.45) is 0 Å². The van der Waals surface area contributed by atoms with Crippen LogP contribution in [0.4, 0.5) is 0 Å². The van der Waals surface area contributed by atoms with Crippen LogP contribution in [0.3, 0.4) is 0 Å². The molecule has 0 spiro atoms. The lowest BCUT2D eigenvalue weighted by atomic mass is 9.60. The average Bonchev–Trinajstić information content (AvgIpc) is 2.09. The molecular weight excluding hydrogens is 107 g/mol. The number of rotatable bonds is 0. The van der Waals surface area contributed by atoms with Crippen LogP contribution in [0.1, 0.15) is 38.5 Å². The Bertz CT molecular complexity index is 88.7. The van der Waals surface area contributed by atoms with Gasteiger partial charge < -0.3 is 0 Å². The molecule has 2 unspecified atom stereocenters. The van der Waals surface area contributed by atoms with Crippen molar-refractivity contribution < 1.29 is 0 Å². The van der Waals surface area contributed by atoms with Crippen molar-refractivity contribution in [2.75, 3.05) is 0 Å². The van der Waals surface area contributed by atoms with Gasteiger partial charge in [-0.05, 0) is 0 Å². The lowest BCUT2D eigenvalue weighted by Crippen LogP contribution is -1.95. The predicted molar refractivity (Wildman–Crippen MR) is 41.0 cm³/mol. The molecule has 0 saturated carbocycles. The molecule has 0 amide bonds. The first-order chi connectivity index (χ1) is 4.45. The molecule has 2 bridgehead atoms. The van der Waals surface area contributed by atoms with Gasteiger partial charge >= 0.3 is 0 Å². The van der Waals surface area contributed by atoms with Crippen LogP contribution < -0.4 is 0 Å². The molecule has 0 aromatic rings. The van der Waals surface area contributed by atoms with Crippen molar-refractivity contribution >= 4 is 7.28 Å². The number of hydrogen-bond acceptors (Lipinski definition) is 0. The van der Waals surface area contributed by atoms with Gasteiger partial charge in [0.25, 0.3) is 0 Å². The van der Waals surface area contributed by atoms with E-state index in [0.29, 0.717) is 0 Å². The summed E-state index contributed by atoms with van der Waals surface area (Å²) in [6, 6.07) is 0. The standard InChI is InChI=1S/C8H14B/c1-2-4-8-6-5-7(3-1)9-8/h7-8H,1-6H2. The van der Waals surface area contributed by atoms with Crippen molar-refractivity contribution in [3.8, 4) is 0 Å². The molecule has 2 heterocycles. The van der Waals surface area contributed by atoms with E-state index in [2.05, 4.69) is 7.28 Å². The molecule has 2 aliphatic heterocycles. The van der Waals surface area contributed by atoms with Gasteiger partial charge in [-0.3, -0.25) is 0 Å². The maximum atomic E-state index is 2.62. The summed E-state index contributed by atoms with van der Waals surface area (Å²) in [5.74, 6) is 2.05. The van der Waals surface area contributed by atoms with Crippen LogP contribution in [0.25, 0.3) is 0 Å². The maximum Gasteiger partial charge on any atom is 0.117 e. The largest absolute Gasteiger partial charge is 0.117 e. The minimum Gasteiger partial charge on any atom is -0.0686 e. The minimum atomic E-state index is 1.03. The Hall–Kier alpha value is 0.0649.